The zero-order chi connectivity index (χ0) is 16.5. The van der Waals surface area contributed by atoms with Crippen LogP contribution in [0.1, 0.15) is 11.1 Å². The van der Waals surface area contributed by atoms with Crippen molar-refractivity contribution in [1.82, 2.24) is 4.90 Å². The minimum absolute atomic E-state index is 0.604. The Balaban J connectivity index is 1.64. The first-order valence-corrected chi connectivity index (χ1v) is 7.69. The van der Waals surface area contributed by atoms with Gasteiger partial charge in [-0.15, -0.1) is 0 Å². The highest BCUT2D eigenvalue weighted by Gasteiger charge is 2.02. The van der Waals surface area contributed by atoms with E-state index in [-0.39, 0.29) is 0 Å². The molecule has 2 aromatic carbocycles. The van der Waals surface area contributed by atoms with Gasteiger partial charge in [-0.25, -0.2) is 0 Å². The van der Waals surface area contributed by atoms with Crippen molar-refractivity contribution in [1.29, 1.82) is 5.26 Å². The number of nitrogens with zero attached hydrogens (tertiary/aromatic N) is 2. The molecule has 0 aliphatic rings. The fourth-order valence-corrected chi connectivity index (χ4v) is 2.09. The van der Waals surface area contributed by atoms with Gasteiger partial charge in [-0.3, -0.25) is 4.90 Å². The molecule has 4 nitrogen and oxygen atoms in total. The molecule has 0 heterocycles. The maximum absolute atomic E-state index is 8.75. The number of ether oxygens (including phenoxy) is 2. The summed E-state index contributed by atoms with van der Waals surface area (Å²) in [6.45, 7) is 4.96. The second kappa shape index (κ2) is 8.82. The molecular formula is C19H22N2O2. The molecular weight excluding hydrogens is 288 g/mol. The molecule has 0 atom stereocenters. The molecule has 0 aliphatic carbocycles. The minimum atomic E-state index is 0.604. The molecule has 0 bridgehead atoms. The van der Waals surface area contributed by atoms with Crippen LogP contribution in [0.4, 0.5) is 0 Å². The van der Waals surface area contributed by atoms with Gasteiger partial charge in [0.15, 0.2) is 0 Å². The van der Waals surface area contributed by atoms with E-state index >= 15 is 0 Å². The third-order valence-corrected chi connectivity index (χ3v) is 3.55. The van der Waals surface area contributed by atoms with Crippen molar-refractivity contribution >= 4 is 0 Å². The Morgan fingerprint density at radius 3 is 2.26 bits per heavy atom. The lowest BCUT2D eigenvalue weighted by Gasteiger charge is -2.17. The molecule has 0 aromatic heterocycles. The molecule has 0 amide bonds. The van der Waals surface area contributed by atoms with E-state index in [0.29, 0.717) is 18.8 Å². The van der Waals surface area contributed by atoms with Crippen LogP contribution in [0.2, 0.25) is 0 Å². The molecule has 0 N–H and O–H groups in total. The van der Waals surface area contributed by atoms with Crippen molar-refractivity contribution in [2.75, 3.05) is 33.4 Å². The molecule has 4 heteroatoms. The molecule has 120 valence electrons. The fourth-order valence-electron chi connectivity index (χ4n) is 2.09. The molecule has 23 heavy (non-hydrogen) atoms. The Morgan fingerprint density at radius 1 is 0.957 bits per heavy atom. The topological polar surface area (TPSA) is 45.5 Å². The van der Waals surface area contributed by atoms with Gasteiger partial charge >= 0.3 is 0 Å². The summed E-state index contributed by atoms with van der Waals surface area (Å²) in [7, 11) is 2.04. The number of hydrogen-bond donors (Lipinski definition) is 0. The van der Waals surface area contributed by atoms with Gasteiger partial charge in [0, 0.05) is 13.1 Å². The first-order chi connectivity index (χ1) is 11.2. The molecule has 0 spiro atoms. The number of benzene rings is 2. The summed E-state index contributed by atoms with van der Waals surface area (Å²) in [6.07, 6.45) is 0. The molecule has 0 saturated heterocycles. The van der Waals surface area contributed by atoms with Crippen LogP contribution >= 0.6 is 0 Å². The Bertz CT molecular complexity index is 647. The van der Waals surface area contributed by atoms with E-state index in [1.54, 1.807) is 12.1 Å². The summed E-state index contributed by atoms with van der Waals surface area (Å²) in [5.74, 6) is 1.73. The van der Waals surface area contributed by atoms with E-state index in [9.17, 15) is 0 Å². The van der Waals surface area contributed by atoms with E-state index in [0.717, 1.165) is 30.2 Å². The zero-order valence-electron chi connectivity index (χ0n) is 13.7. The maximum atomic E-state index is 8.75. The van der Waals surface area contributed by atoms with E-state index in [2.05, 4.69) is 11.0 Å². The summed E-state index contributed by atoms with van der Waals surface area (Å²) >= 11 is 0. The lowest BCUT2D eigenvalue weighted by molar-refractivity contribution is 0.201. The monoisotopic (exact) mass is 310 g/mol. The first-order valence-electron chi connectivity index (χ1n) is 7.69. The number of para-hydroxylation sites is 1. The maximum Gasteiger partial charge on any atom is 0.122 e. The van der Waals surface area contributed by atoms with Gasteiger partial charge in [-0.2, -0.15) is 5.26 Å². The van der Waals surface area contributed by atoms with Gasteiger partial charge in [-0.1, -0.05) is 18.2 Å². The molecule has 0 aliphatic heterocycles. The van der Waals surface area contributed by atoms with Crippen LogP contribution in [0, 0.1) is 18.3 Å². The third-order valence-electron chi connectivity index (χ3n) is 3.55. The van der Waals surface area contributed by atoms with Crippen molar-refractivity contribution in [2.24, 2.45) is 0 Å². The Kier molecular flexibility index (Phi) is 6.46. The number of nitriles is 1. The van der Waals surface area contributed by atoms with Crippen molar-refractivity contribution in [2.45, 2.75) is 6.92 Å². The molecule has 2 aromatic rings. The predicted octanol–water partition coefficient (Wildman–Crippen LogP) is 3.26. The highest BCUT2D eigenvalue weighted by atomic mass is 16.5. The van der Waals surface area contributed by atoms with Gasteiger partial charge in [0.25, 0.3) is 0 Å². The Labute approximate surface area is 137 Å². The van der Waals surface area contributed by atoms with Gasteiger partial charge in [-0.05, 0) is 49.9 Å². The predicted molar refractivity (Wildman–Crippen MR) is 90.8 cm³/mol. The summed E-state index contributed by atoms with van der Waals surface area (Å²) in [4.78, 5) is 2.17. The SMILES string of the molecule is Cc1ccccc1OCCN(C)CCOc1ccc(C#N)cc1. The third kappa shape index (κ3) is 5.65. The fraction of sp³-hybridized carbons (Fsp3) is 0.316. The van der Waals surface area contributed by atoms with Crippen LogP contribution in [0.25, 0.3) is 0 Å². The summed E-state index contributed by atoms with van der Waals surface area (Å²) in [6, 6.07) is 17.3. The van der Waals surface area contributed by atoms with Crippen LogP contribution in [-0.2, 0) is 0 Å². The molecule has 2 rings (SSSR count). The van der Waals surface area contributed by atoms with E-state index in [1.807, 2.05) is 50.4 Å². The summed E-state index contributed by atoms with van der Waals surface area (Å²) < 4.78 is 11.5. The van der Waals surface area contributed by atoms with Crippen LogP contribution in [-0.4, -0.2) is 38.3 Å². The molecule has 0 unspecified atom stereocenters. The van der Waals surface area contributed by atoms with E-state index < -0.39 is 0 Å². The summed E-state index contributed by atoms with van der Waals surface area (Å²) in [5.41, 5.74) is 1.79. The number of hydrogen-bond acceptors (Lipinski definition) is 4. The standard InChI is InChI=1S/C19H22N2O2/c1-16-5-3-4-6-19(16)23-14-12-21(2)11-13-22-18-9-7-17(15-20)8-10-18/h3-10H,11-14H2,1-2H3. The quantitative estimate of drug-likeness (QED) is 0.751. The highest BCUT2D eigenvalue weighted by Crippen LogP contribution is 2.15. The Hall–Kier alpha value is -2.51. The minimum Gasteiger partial charge on any atom is -0.492 e. The van der Waals surface area contributed by atoms with E-state index in [1.165, 1.54) is 0 Å². The van der Waals surface area contributed by atoms with Gasteiger partial charge in [0.1, 0.15) is 24.7 Å². The smallest absolute Gasteiger partial charge is 0.122 e. The number of likely N-dealkylation sites (N-methyl/N-ethyl adjacent to an activating group) is 1. The van der Waals surface area contributed by atoms with Crippen molar-refractivity contribution in [3.05, 3.63) is 59.7 Å². The Morgan fingerprint density at radius 2 is 1.61 bits per heavy atom. The first kappa shape index (κ1) is 16.9. The molecule has 0 radical (unpaired) electrons. The average Bonchev–Trinajstić information content (AvgIpc) is 2.57. The van der Waals surface area contributed by atoms with Crippen molar-refractivity contribution < 1.29 is 9.47 Å². The largest absolute Gasteiger partial charge is 0.492 e. The van der Waals surface area contributed by atoms with E-state index in [4.69, 9.17) is 14.7 Å². The van der Waals surface area contributed by atoms with Gasteiger partial charge in [0.05, 0.1) is 11.6 Å². The van der Waals surface area contributed by atoms with Crippen molar-refractivity contribution in [3.8, 4) is 17.6 Å². The van der Waals surface area contributed by atoms with Gasteiger partial charge < -0.3 is 9.47 Å². The second-order valence-electron chi connectivity index (χ2n) is 5.40. The normalized spacial score (nSPS) is 10.3. The highest BCUT2D eigenvalue weighted by molar-refractivity contribution is 5.34. The average molecular weight is 310 g/mol. The number of rotatable bonds is 8. The van der Waals surface area contributed by atoms with Crippen LogP contribution < -0.4 is 9.47 Å². The van der Waals surface area contributed by atoms with Crippen LogP contribution in [0.3, 0.4) is 0 Å². The lowest BCUT2D eigenvalue weighted by Crippen LogP contribution is -2.28. The lowest BCUT2D eigenvalue weighted by atomic mass is 10.2. The van der Waals surface area contributed by atoms with Gasteiger partial charge in [0.2, 0.25) is 0 Å². The summed E-state index contributed by atoms with van der Waals surface area (Å²) in [5, 5.41) is 8.75. The second-order valence-corrected chi connectivity index (χ2v) is 5.40. The molecule has 0 saturated carbocycles. The zero-order valence-corrected chi connectivity index (χ0v) is 13.7. The van der Waals surface area contributed by atoms with Crippen LogP contribution in [0.15, 0.2) is 48.5 Å². The number of aryl methyl sites for hydroxylation is 1. The van der Waals surface area contributed by atoms with Crippen molar-refractivity contribution in [3.63, 3.8) is 0 Å². The molecule has 0 fully saturated rings. The van der Waals surface area contributed by atoms with Crippen LogP contribution in [0.5, 0.6) is 11.5 Å².